The molecule has 1 aliphatic rings. The van der Waals surface area contributed by atoms with Gasteiger partial charge in [0, 0.05) is 24.7 Å². The summed E-state index contributed by atoms with van der Waals surface area (Å²) in [7, 11) is 2.23. The molecule has 1 saturated carbocycles. The molecular formula is C15H33IN4. The molecule has 1 aliphatic carbocycles. The predicted molar refractivity (Wildman–Crippen MR) is 99.2 cm³/mol. The van der Waals surface area contributed by atoms with Crippen molar-refractivity contribution >= 4 is 29.9 Å². The molecule has 4 nitrogen and oxygen atoms in total. The Kier molecular flexibility index (Phi) is 9.80. The van der Waals surface area contributed by atoms with Crippen LogP contribution in [0.5, 0.6) is 0 Å². The van der Waals surface area contributed by atoms with Gasteiger partial charge in [0.25, 0.3) is 0 Å². The fourth-order valence-electron chi connectivity index (χ4n) is 2.51. The van der Waals surface area contributed by atoms with E-state index in [1.165, 1.54) is 25.7 Å². The van der Waals surface area contributed by atoms with Gasteiger partial charge in [-0.2, -0.15) is 0 Å². The Labute approximate surface area is 142 Å². The van der Waals surface area contributed by atoms with E-state index in [2.05, 4.69) is 55.3 Å². The lowest BCUT2D eigenvalue weighted by atomic mass is 10.1. The number of hydrogen-bond acceptors (Lipinski definition) is 2. The molecule has 1 rings (SSSR count). The highest BCUT2D eigenvalue weighted by Gasteiger charge is 2.18. The van der Waals surface area contributed by atoms with E-state index in [0.717, 1.165) is 31.6 Å². The van der Waals surface area contributed by atoms with Crippen LogP contribution in [0.2, 0.25) is 0 Å². The third kappa shape index (κ3) is 8.29. The van der Waals surface area contributed by atoms with Crippen molar-refractivity contribution in [1.29, 1.82) is 0 Å². The van der Waals surface area contributed by atoms with Gasteiger partial charge in [0.2, 0.25) is 0 Å². The van der Waals surface area contributed by atoms with Crippen LogP contribution in [0.15, 0.2) is 4.99 Å². The van der Waals surface area contributed by atoms with E-state index in [1.54, 1.807) is 0 Å². The summed E-state index contributed by atoms with van der Waals surface area (Å²) in [6.45, 7) is 11.4. The van der Waals surface area contributed by atoms with Gasteiger partial charge in [0.15, 0.2) is 5.96 Å². The number of halogens is 1. The molecule has 0 aromatic carbocycles. The van der Waals surface area contributed by atoms with E-state index in [0.29, 0.717) is 0 Å². The van der Waals surface area contributed by atoms with Crippen LogP contribution in [0, 0.1) is 0 Å². The van der Waals surface area contributed by atoms with Crippen LogP contribution in [-0.4, -0.2) is 49.1 Å². The largest absolute Gasteiger partial charge is 0.357 e. The molecule has 0 unspecified atom stereocenters. The molecule has 1 fully saturated rings. The number of hydrogen-bond donors (Lipinski definition) is 2. The first-order valence-corrected chi connectivity index (χ1v) is 7.69. The van der Waals surface area contributed by atoms with Gasteiger partial charge in [0.1, 0.15) is 0 Å². The van der Waals surface area contributed by atoms with E-state index in [-0.39, 0.29) is 29.5 Å². The highest BCUT2D eigenvalue weighted by atomic mass is 127. The second-order valence-corrected chi connectivity index (χ2v) is 6.55. The molecule has 0 saturated heterocycles. The van der Waals surface area contributed by atoms with Crippen LogP contribution >= 0.6 is 24.0 Å². The summed E-state index contributed by atoms with van der Waals surface area (Å²) in [5.74, 6) is 0.926. The van der Waals surface area contributed by atoms with E-state index in [1.807, 2.05) is 0 Å². The number of nitrogens with zero attached hydrogens (tertiary/aromatic N) is 2. The third-order valence-electron chi connectivity index (χ3n) is 3.51. The molecule has 0 aromatic heterocycles. The van der Waals surface area contributed by atoms with Crippen molar-refractivity contribution in [3.05, 3.63) is 0 Å². The fourth-order valence-corrected chi connectivity index (χ4v) is 2.51. The van der Waals surface area contributed by atoms with Gasteiger partial charge in [-0.05, 0) is 47.6 Å². The van der Waals surface area contributed by atoms with Crippen molar-refractivity contribution in [3.63, 3.8) is 0 Å². The fraction of sp³-hybridized carbons (Fsp3) is 0.933. The summed E-state index contributed by atoms with van der Waals surface area (Å²) < 4.78 is 0. The Balaban J connectivity index is 0.00000361. The summed E-state index contributed by atoms with van der Waals surface area (Å²) >= 11 is 0. The molecule has 0 heterocycles. The summed E-state index contributed by atoms with van der Waals surface area (Å²) in [6, 6.07) is 0.786. The minimum Gasteiger partial charge on any atom is -0.357 e. The second-order valence-electron chi connectivity index (χ2n) is 6.55. The van der Waals surface area contributed by atoms with Crippen LogP contribution in [0.25, 0.3) is 0 Å². The first-order valence-electron chi connectivity index (χ1n) is 7.69. The average Bonchev–Trinajstić information content (AvgIpc) is 2.80. The highest BCUT2D eigenvalue weighted by molar-refractivity contribution is 14.0. The SMILES string of the molecule is CCNC(=NCCN(C)C1CCCC1)NC(C)(C)C.I. The maximum Gasteiger partial charge on any atom is 0.191 e. The Bertz CT molecular complexity index is 280. The van der Waals surface area contributed by atoms with Crippen LogP contribution in [0.1, 0.15) is 53.4 Å². The minimum absolute atomic E-state index is 0. The van der Waals surface area contributed by atoms with Gasteiger partial charge in [0.05, 0.1) is 6.54 Å². The molecule has 120 valence electrons. The van der Waals surface area contributed by atoms with Gasteiger partial charge < -0.3 is 15.5 Å². The summed E-state index contributed by atoms with van der Waals surface area (Å²) in [5.41, 5.74) is 0.0539. The second kappa shape index (κ2) is 9.82. The van der Waals surface area contributed by atoms with E-state index in [9.17, 15) is 0 Å². The quantitative estimate of drug-likeness (QED) is 0.427. The maximum absolute atomic E-state index is 4.66. The number of guanidine groups is 1. The Morgan fingerprint density at radius 3 is 2.35 bits per heavy atom. The van der Waals surface area contributed by atoms with Crippen molar-refractivity contribution in [2.45, 2.75) is 65.0 Å². The summed E-state index contributed by atoms with van der Waals surface area (Å²) in [4.78, 5) is 7.13. The van der Waals surface area contributed by atoms with Gasteiger partial charge in [-0.25, -0.2) is 0 Å². The monoisotopic (exact) mass is 396 g/mol. The Morgan fingerprint density at radius 1 is 1.25 bits per heavy atom. The third-order valence-corrected chi connectivity index (χ3v) is 3.51. The summed E-state index contributed by atoms with van der Waals surface area (Å²) in [6.07, 6.45) is 5.51. The van der Waals surface area contributed by atoms with Crippen molar-refractivity contribution in [3.8, 4) is 0 Å². The molecule has 0 aliphatic heterocycles. The lowest BCUT2D eigenvalue weighted by molar-refractivity contribution is 0.252. The average molecular weight is 396 g/mol. The normalized spacial score (nSPS) is 17.2. The zero-order valence-corrected chi connectivity index (χ0v) is 16.2. The first-order chi connectivity index (χ1) is 8.92. The van der Waals surface area contributed by atoms with Crippen molar-refractivity contribution in [1.82, 2.24) is 15.5 Å². The molecule has 0 atom stereocenters. The van der Waals surface area contributed by atoms with Crippen LogP contribution < -0.4 is 10.6 Å². The molecule has 0 bridgehead atoms. The Morgan fingerprint density at radius 2 is 1.85 bits per heavy atom. The topological polar surface area (TPSA) is 39.7 Å². The Hall–Kier alpha value is -0.0400. The lowest BCUT2D eigenvalue weighted by Crippen LogP contribution is -2.47. The van der Waals surface area contributed by atoms with Crippen LogP contribution in [0.3, 0.4) is 0 Å². The van der Waals surface area contributed by atoms with E-state index in [4.69, 9.17) is 0 Å². The first kappa shape index (κ1) is 20.0. The summed E-state index contributed by atoms with van der Waals surface area (Å²) in [5, 5.41) is 6.72. The standard InChI is InChI=1S/C15H32N4.HI/c1-6-16-14(18-15(2,3)4)17-11-12-19(5)13-9-7-8-10-13;/h13H,6-12H2,1-5H3,(H2,16,17,18);1H. The van der Waals surface area contributed by atoms with Gasteiger partial charge >= 0.3 is 0 Å². The lowest BCUT2D eigenvalue weighted by Gasteiger charge is -2.25. The maximum atomic E-state index is 4.66. The van der Waals surface area contributed by atoms with Crippen molar-refractivity contribution < 1.29 is 0 Å². The van der Waals surface area contributed by atoms with Gasteiger partial charge in [-0.15, -0.1) is 24.0 Å². The number of rotatable bonds is 5. The number of aliphatic imine (C=N–C) groups is 1. The van der Waals surface area contributed by atoms with E-state index < -0.39 is 0 Å². The zero-order chi connectivity index (χ0) is 14.3. The molecule has 0 amide bonds. The number of nitrogens with one attached hydrogen (secondary N) is 2. The molecule has 0 spiro atoms. The highest BCUT2D eigenvalue weighted by Crippen LogP contribution is 2.21. The van der Waals surface area contributed by atoms with Crippen molar-refractivity contribution in [2.75, 3.05) is 26.7 Å². The van der Waals surface area contributed by atoms with Gasteiger partial charge in [-0.1, -0.05) is 12.8 Å². The minimum atomic E-state index is 0. The molecular weight excluding hydrogens is 363 g/mol. The predicted octanol–water partition coefficient (Wildman–Crippen LogP) is 2.83. The molecule has 2 N–H and O–H groups in total. The number of likely N-dealkylation sites (N-methyl/N-ethyl adjacent to an activating group) is 1. The molecule has 0 radical (unpaired) electrons. The van der Waals surface area contributed by atoms with E-state index >= 15 is 0 Å². The van der Waals surface area contributed by atoms with Crippen molar-refractivity contribution in [2.24, 2.45) is 4.99 Å². The van der Waals surface area contributed by atoms with Gasteiger partial charge in [-0.3, -0.25) is 4.99 Å². The van der Waals surface area contributed by atoms with Crippen LogP contribution in [0.4, 0.5) is 0 Å². The van der Waals surface area contributed by atoms with Crippen LogP contribution in [-0.2, 0) is 0 Å². The molecule has 0 aromatic rings. The zero-order valence-electron chi connectivity index (χ0n) is 13.8. The molecule has 20 heavy (non-hydrogen) atoms. The smallest absolute Gasteiger partial charge is 0.191 e. The molecule has 5 heteroatoms.